The van der Waals surface area contributed by atoms with Crippen molar-refractivity contribution in [1.82, 2.24) is 0 Å². The van der Waals surface area contributed by atoms with Crippen molar-refractivity contribution < 1.29 is 0 Å². The van der Waals surface area contributed by atoms with Crippen LogP contribution >= 0.6 is 34.8 Å². The third-order valence-corrected chi connectivity index (χ3v) is 5.98. The molecule has 0 fully saturated rings. The van der Waals surface area contributed by atoms with Gasteiger partial charge in [-0.1, -0.05) is 76.8 Å². The van der Waals surface area contributed by atoms with Crippen LogP contribution in [0.3, 0.4) is 0 Å². The van der Waals surface area contributed by atoms with Crippen LogP contribution in [0.5, 0.6) is 0 Å². The first-order chi connectivity index (χ1) is 11.1. The molecular formula is C19H16Cl3N. The molecule has 0 saturated heterocycles. The number of rotatable bonds is 1. The molecule has 2 aliphatic rings. The molecule has 0 saturated carbocycles. The summed E-state index contributed by atoms with van der Waals surface area (Å²) in [5, 5.41) is 5.40. The lowest BCUT2D eigenvalue weighted by molar-refractivity contribution is 0.425. The molecular weight excluding hydrogens is 349 g/mol. The van der Waals surface area contributed by atoms with E-state index in [1.54, 1.807) is 6.07 Å². The molecule has 0 aromatic heterocycles. The van der Waals surface area contributed by atoms with Crippen LogP contribution in [0.2, 0.25) is 15.1 Å². The number of allylic oxidation sites excluding steroid dienone is 2. The van der Waals surface area contributed by atoms with Crippen LogP contribution in [0.1, 0.15) is 35.1 Å². The van der Waals surface area contributed by atoms with E-state index in [-0.39, 0.29) is 12.0 Å². The smallest absolute Gasteiger partial charge is 0.0656 e. The Balaban J connectivity index is 1.88. The Labute approximate surface area is 151 Å². The van der Waals surface area contributed by atoms with Gasteiger partial charge in [-0.05, 0) is 30.9 Å². The van der Waals surface area contributed by atoms with E-state index in [1.165, 1.54) is 11.1 Å². The molecule has 1 nitrogen and oxygen atoms in total. The molecule has 1 aliphatic heterocycles. The first kappa shape index (κ1) is 15.4. The van der Waals surface area contributed by atoms with Gasteiger partial charge in [0, 0.05) is 11.5 Å². The Hall–Kier alpha value is -1.15. The lowest BCUT2D eigenvalue weighted by Gasteiger charge is -2.38. The molecule has 0 radical (unpaired) electrons. The van der Waals surface area contributed by atoms with Crippen LogP contribution < -0.4 is 5.32 Å². The summed E-state index contributed by atoms with van der Waals surface area (Å²) in [6.07, 6.45) is 5.50. The van der Waals surface area contributed by atoms with Crippen LogP contribution in [-0.4, -0.2) is 0 Å². The average molecular weight is 365 g/mol. The number of fused-ring (bicyclic) bond motifs is 3. The van der Waals surface area contributed by atoms with Crippen molar-refractivity contribution in [2.75, 3.05) is 5.32 Å². The van der Waals surface area contributed by atoms with E-state index in [9.17, 15) is 0 Å². The zero-order valence-electron chi connectivity index (χ0n) is 12.6. The van der Waals surface area contributed by atoms with Gasteiger partial charge in [-0.3, -0.25) is 0 Å². The summed E-state index contributed by atoms with van der Waals surface area (Å²) >= 11 is 19.2. The number of aryl methyl sites for hydroxylation is 1. The maximum atomic E-state index is 6.50. The van der Waals surface area contributed by atoms with Crippen LogP contribution in [0.4, 0.5) is 5.69 Å². The summed E-state index contributed by atoms with van der Waals surface area (Å²) in [4.78, 5) is 0. The monoisotopic (exact) mass is 363 g/mol. The lowest BCUT2D eigenvalue weighted by Crippen LogP contribution is -2.29. The van der Waals surface area contributed by atoms with Gasteiger partial charge in [-0.25, -0.2) is 0 Å². The molecule has 4 rings (SSSR count). The average Bonchev–Trinajstić information content (AvgIpc) is 3.00. The molecule has 118 valence electrons. The van der Waals surface area contributed by atoms with Crippen LogP contribution in [0.15, 0.2) is 42.5 Å². The Morgan fingerprint density at radius 1 is 1.09 bits per heavy atom. The topological polar surface area (TPSA) is 12.0 Å². The van der Waals surface area contributed by atoms with Crippen LogP contribution in [0.25, 0.3) is 0 Å². The third kappa shape index (κ3) is 2.46. The molecule has 1 aliphatic carbocycles. The van der Waals surface area contributed by atoms with Gasteiger partial charge >= 0.3 is 0 Å². The molecule has 23 heavy (non-hydrogen) atoms. The zero-order valence-corrected chi connectivity index (χ0v) is 14.9. The SMILES string of the molecule is Cc1cccc([C@@H]2Nc3c(Cl)cc(Cl)c(Cl)c3[C@@H]3C=CC[C@@H]32)c1. The second-order valence-electron chi connectivity index (χ2n) is 6.33. The maximum Gasteiger partial charge on any atom is 0.0656 e. The molecule has 0 unspecified atom stereocenters. The highest BCUT2D eigenvalue weighted by Gasteiger charge is 2.40. The van der Waals surface area contributed by atoms with Crippen molar-refractivity contribution in [2.45, 2.75) is 25.3 Å². The minimum absolute atomic E-state index is 0.220. The minimum Gasteiger partial charge on any atom is -0.376 e. The predicted octanol–water partition coefficient (Wildman–Crippen LogP) is 6.78. The van der Waals surface area contributed by atoms with Crippen molar-refractivity contribution in [3.8, 4) is 0 Å². The Morgan fingerprint density at radius 3 is 2.70 bits per heavy atom. The summed E-state index contributed by atoms with van der Waals surface area (Å²) in [6, 6.07) is 10.6. The van der Waals surface area contributed by atoms with Gasteiger partial charge in [-0.2, -0.15) is 0 Å². The number of hydrogen-bond donors (Lipinski definition) is 1. The Kier molecular flexibility index (Phi) is 3.84. The number of anilines is 1. The van der Waals surface area contributed by atoms with E-state index in [0.717, 1.165) is 17.7 Å². The highest BCUT2D eigenvalue weighted by Crippen LogP contribution is 2.54. The summed E-state index contributed by atoms with van der Waals surface area (Å²) in [6.45, 7) is 2.12. The summed E-state index contributed by atoms with van der Waals surface area (Å²) in [5.74, 6) is 0.678. The van der Waals surface area contributed by atoms with Gasteiger partial charge in [0.15, 0.2) is 0 Å². The van der Waals surface area contributed by atoms with Gasteiger partial charge in [0.1, 0.15) is 0 Å². The van der Waals surface area contributed by atoms with Crippen molar-refractivity contribution in [3.63, 3.8) is 0 Å². The first-order valence-electron chi connectivity index (χ1n) is 7.73. The summed E-state index contributed by atoms with van der Waals surface area (Å²) in [7, 11) is 0. The van der Waals surface area contributed by atoms with E-state index in [1.807, 2.05) is 0 Å². The summed E-state index contributed by atoms with van der Waals surface area (Å²) < 4.78 is 0. The van der Waals surface area contributed by atoms with Crippen molar-refractivity contribution in [2.24, 2.45) is 5.92 Å². The van der Waals surface area contributed by atoms with Gasteiger partial charge < -0.3 is 5.32 Å². The maximum absolute atomic E-state index is 6.50. The quantitative estimate of drug-likeness (QED) is 0.434. The number of nitrogens with one attached hydrogen (secondary N) is 1. The largest absolute Gasteiger partial charge is 0.376 e. The van der Waals surface area contributed by atoms with Crippen molar-refractivity contribution in [1.29, 1.82) is 0 Å². The number of hydrogen-bond acceptors (Lipinski definition) is 1. The second kappa shape index (κ2) is 5.73. The number of halogens is 3. The van der Waals surface area contributed by atoms with Gasteiger partial charge in [0.05, 0.1) is 26.8 Å². The third-order valence-electron chi connectivity index (χ3n) is 4.88. The molecule has 0 spiro atoms. The Morgan fingerprint density at radius 2 is 1.91 bits per heavy atom. The number of benzene rings is 2. The normalized spacial score (nSPS) is 25.0. The molecule has 3 atom stereocenters. The fourth-order valence-corrected chi connectivity index (χ4v) is 4.66. The van der Waals surface area contributed by atoms with E-state index < -0.39 is 0 Å². The van der Waals surface area contributed by atoms with Gasteiger partial charge in [-0.15, -0.1) is 0 Å². The first-order valence-corrected chi connectivity index (χ1v) is 8.87. The van der Waals surface area contributed by atoms with Crippen LogP contribution in [-0.2, 0) is 0 Å². The molecule has 2 aromatic carbocycles. The molecule has 0 amide bonds. The second-order valence-corrected chi connectivity index (χ2v) is 7.52. The van der Waals surface area contributed by atoms with Crippen molar-refractivity contribution >= 4 is 40.5 Å². The van der Waals surface area contributed by atoms with E-state index in [0.29, 0.717) is 21.0 Å². The molecule has 4 heteroatoms. The van der Waals surface area contributed by atoms with Crippen LogP contribution in [0, 0.1) is 12.8 Å². The molecule has 1 N–H and O–H groups in total. The lowest BCUT2D eigenvalue weighted by atomic mass is 9.77. The predicted molar refractivity (Wildman–Crippen MR) is 99.0 cm³/mol. The molecule has 2 aromatic rings. The molecule has 1 heterocycles. The summed E-state index contributed by atoms with van der Waals surface area (Å²) in [5.41, 5.74) is 4.50. The highest BCUT2D eigenvalue weighted by molar-refractivity contribution is 6.44. The molecule has 0 bridgehead atoms. The zero-order chi connectivity index (χ0) is 16.1. The fourth-order valence-electron chi connectivity index (χ4n) is 3.86. The highest BCUT2D eigenvalue weighted by atomic mass is 35.5. The van der Waals surface area contributed by atoms with E-state index >= 15 is 0 Å². The fraction of sp³-hybridized carbons (Fsp3) is 0.263. The van der Waals surface area contributed by atoms with E-state index in [4.69, 9.17) is 34.8 Å². The van der Waals surface area contributed by atoms with Crippen molar-refractivity contribution in [3.05, 3.63) is 74.2 Å². The minimum atomic E-state index is 0.220. The standard InChI is InChI=1S/C19H16Cl3N/c1-10-4-2-5-11(8-10)18-13-7-3-6-12(13)16-17(22)14(20)9-15(21)19(16)23-18/h2-6,8-9,12-13,18,23H,7H2,1H3/t12-,13+,18+/m1/s1. The Bertz CT molecular complexity index is 813. The van der Waals surface area contributed by atoms with E-state index in [2.05, 4.69) is 48.7 Å². The van der Waals surface area contributed by atoms with Gasteiger partial charge in [0.25, 0.3) is 0 Å². The van der Waals surface area contributed by atoms with Gasteiger partial charge in [0.2, 0.25) is 0 Å².